The average Bonchev–Trinajstić information content (AvgIpc) is 3.50. The first-order valence-electron chi connectivity index (χ1n) is 8.85. The van der Waals surface area contributed by atoms with E-state index < -0.39 is 0 Å². The third kappa shape index (κ3) is 3.31. The van der Waals surface area contributed by atoms with Gasteiger partial charge in [-0.05, 0) is 30.3 Å². The van der Waals surface area contributed by atoms with Crippen molar-refractivity contribution in [2.45, 2.75) is 5.22 Å². The maximum atomic E-state index is 10.4. The molecule has 2 aromatic carbocycles. The van der Waals surface area contributed by atoms with Crippen molar-refractivity contribution < 1.29 is 19.0 Å². The van der Waals surface area contributed by atoms with Crippen LogP contribution < -0.4 is 9.47 Å². The molecule has 0 unspecified atom stereocenters. The molecule has 10 heteroatoms. The SMILES string of the molecule is N#C/C(=C(/O)CSc1nnc(-c2ccc3c(c2)OCO3)o1)c1nc2ccccc2[nH]1. The fourth-order valence-electron chi connectivity index (χ4n) is 2.94. The highest BCUT2D eigenvalue weighted by molar-refractivity contribution is 7.99. The van der Waals surface area contributed by atoms with Gasteiger partial charge in [0, 0.05) is 5.56 Å². The van der Waals surface area contributed by atoms with E-state index in [0.29, 0.717) is 34.3 Å². The summed E-state index contributed by atoms with van der Waals surface area (Å²) in [4.78, 5) is 7.39. The molecule has 5 rings (SSSR count). The van der Waals surface area contributed by atoms with E-state index in [9.17, 15) is 10.4 Å². The number of aromatic nitrogens is 4. The van der Waals surface area contributed by atoms with Crippen molar-refractivity contribution >= 4 is 28.4 Å². The second kappa shape index (κ2) is 7.46. The number of fused-ring (bicyclic) bond motifs is 2. The maximum Gasteiger partial charge on any atom is 0.277 e. The Balaban J connectivity index is 1.33. The van der Waals surface area contributed by atoms with Crippen LogP contribution in [0, 0.1) is 11.3 Å². The van der Waals surface area contributed by atoms with Crippen LogP contribution in [-0.2, 0) is 0 Å². The Kier molecular flexibility index (Phi) is 4.49. The number of imidazole rings is 1. The molecule has 0 fully saturated rings. The van der Waals surface area contributed by atoms with Crippen LogP contribution in [0.2, 0.25) is 0 Å². The van der Waals surface area contributed by atoms with Gasteiger partial charge in [0.25, 0.3) is 5.22 Å². The Bertz CT molecular complexity index is 1290. The molecule has 1 aliphatic heterocycles. The lowest BCUT2D eigenvalue weighted by atomic mass is 10.2. The molecule has 0 aliphatic carbocycles. The third-order valence-electron chi connectivity index (χ3n) is 4.38. The van der Waals surface area contributed by atoms with E-state index in [1.54, 1.807) is 18.2 Å². The smallest absolute Gasteiger partial charge is 0.277 e. The normalized spacial score (nSPS) is 13.3. The minimum absolute atomic E-state index is 0.0641. The van der Waals surface area contributed by atoms with Crippen LogP contribution in [0.25, 0.3) is 28.1 Å². The van der Waals surface area contributed by atoms with E-state index >= 15 is 0 Å². The Hall–Kier alpha value is -3.97. The van der Waals surface area contributed by atoms with Gasteiger partial charge in [0.05, 0.1) is 16.8 Å². The second-order valence-electron chi connectivity index (χ2n) is 6.27. The van der Waals surface area contributed by atoms with Crippen LogP contribution in [0.1, 0.15) is 5.82 Å². The molecule has 30 heavy (non-hydrogen) atoms. The predicted molar refractivity (Wildman–Crippen MR) is 108 cm³/mol. The summed E-state index contributed by atoms with van der Waals surface area (Å²) in [5.41, 5.74) is 2.25. The summed E-state index contributed by atoms with van der Waals surface area (Å²) in [5.74, 6) is 1.84. The van der Waals surface area contributed by atoms with Gasteiger partial charge in [0.15, 0.2) is 17.3 Å². The monoisotopic (exact) mass is 419 g/mol. The van der Waals surface area contributed by atoms with Crippen molar-refractivity contribution in [1.29, 1.82) is 5.26 Å². The first kappa shape index (κ1) is 18.1. The number of rotatable bonds is 5. The maximum absolute atomic E-state index is 10.4. The highest BCUT2D eigenvalue weighted by atomic mass is 32.2. The van der Waals surface area contributed by atoms with E-state index in [-0.39, 0.29) is 29.1 Å². The molecular weight excluding hydrogens is 406 g/mol. The van der Waals surface area contributed by atoms with Crippen molar-refractivity contribution in [2.24, 2.45) is 0 Å². The van der Waals surface area contributed by atoms with Crippen molar-refractivity contribution in [1.82, 2.24) is 20.2 Å². The minimum Gasteiger partial charge on any atom is -0.510 e. The van der Waals surface area contributed by atoms with Crippen molar-refractivity contribution in [3.05, 3.63) is 54.0 Å². The zero-order valence-corrected chi connectivity index (χ0v) is 16.1. The minimum atomic E-state index is -0.135. The molecule has 148 valence electrons. The number of nitrogens with zero attached hydrogens (tertiary/aromatic N) is 4. The molecule has 0 radical (unpaired) electrons. The first-order chi connectivity index (χ1) is 14.7. The molecule has 2 aromatic heterocycles. The lowest BCUT2D eigenvalue weighted by Gasteiger charge is -2.00. The Morgan fingerprint density at radius 2 is 2.03 bits per heavy atom. The Morgan fingerprint density at radius 3 is 2.90 bits per heavy atom. The fraction of sp³-hybridized carbons (Fsp3) is 0.100. The number of benzene rings is 2. The van der Waals surface area contributed by atoms with Crippen LogP contribution in [-0.4, -0.2) is 37.8 Å². The van der Waals surface area contributed by atoms with Gasteiger partial charge in [-0.1, -0.05) is 23.9 Å². The van der Waals surface area contributed by atoms with Crippen LogP contribution >= 0.6 is 11.8 Å². The average molecular weight is 419 g/mol. The van der Waals surface area contributed by atoms with E-state index in [0.717, 1.165) is 17.3 Å². The fourth-order valence-corrected chi connectivity index (χ4v) is 3.58. The summed E-state index contributed by atoms with van der Waals surface area (Å²) in [6, 6.07) is 14.7. The molecular formula is C20H13N5O4S. The summed E-state index contributed by atoms with van der Waals surface area (Å²) < 4.78 is 16.3. The van der Waals surface area contributed by atoms with Gasteiger partial charge in [0.2, 0.25) is 12.7 Å². The topological polar surface area (TPSA) is 130 Å². The summed E-state index contributed by atoms with van der Waals surface area (Å²) in [6.45, 7) is 0.182. The molecule has 2 N–H and O–H groups in total. The molecule has 4 aromatic rings. The molecule has 0 saturated carbocycles. The van der Waals surface area contributed by atoms with Gasteiger partial charge < -0.3 is 24.0 Å². The summed E-state index contributed by atoms with van der Waals surface area (Å²) in [7, 11) is 0. The van der Waals surface area contributed by atoms with Crippen molar-refractivity contribution in [3.8, 4) is 29.0 Å². The molecule has 3 heterocycles. The van der Waals surface area contributed by atoms with Gasteiger partial charge in [-0.3, -0.25) is 0 Å². The highest BCUT2D eigenvalue weighted by Gasteiger charge is 2.18. The number of aromatic amines is 1. The first-order valence-corrected chi connectivity index (χ1v) is 9.83. The number of aliphatic hydroxyl groups excluding tert-OH is 1. The molecule has 0 saturated heterocycles. The molecule has 0 atom stereocenters. The standard InChI is InChI=1S/C20H13N5O4S/c21-8-12(18-22-13-3-1-2-4-14(13)23-18)15(26)9-30-20-25-24-19(29-20)11-5-6-16-17(7-11)28-10-27-16/h1-7,26H,9-10H2,(H,22,23)/b15-12-. The number of nitriles is 1. The number of thioether (sulfide) groups is 1. The van der Waals surface area contributed by atoms with E-state index in [2.05, 4.69) is 20.2 Å². The van der Waals surface area contributed by atoms with Gasteiger partial charge in [-0.2, -0.15) is 5.26 Å². The summed E-state index contributed by atoms with van der Waals surface area (Å²) in [6.07, 6.45) is 0. The molecule has 0 spiro atoms. The predicted octanol–water partition coefficient (Wildman–Crippen LogP) is 3.93. The van der Waals surface area contributed by atoms with Crippen molar-refractivity contribution in [2.75, 3.05) is 12.5 Å². The number of para-hydroxylation sites is 2. The Labute approximate surface area is 174 Å². The number of allylic oxidation sites excluding steroid dienone is 1. The number of hydrogen-bond acceptors (Lipinski definition) is 9. The molecule has 1 aliphatic rings. The zero-order chi connectivity index (χ0) is 20.5. The lowest BCUT2D eigenvalue weighted by Crippen LogP contribution is -1.95. The van der Waals surface area contributed by atoms with E-state index in [4.69, 9.17) is 13.9 Å². The molecule has 0 amide bonds. The van der Waals surface area contributed by atoms with Gasteiger partial charge >= 0.3 is 0 Å². The number of hydrogen-bond donors (Lipinski definition) is 2. The van der Waals surface area contributed by atoms with E-state index in [1.165, 1.54) is 0 Å². The summed E-state index contributed by atoms with van der Waals surface area (Å²) in [5, 5.41) is 28.2. The number of aliphatic hydroxyl groups is 1. The molecule has 9 nitrogen and oxygen atoms in total. The third-order valence-corrected chi connectivity index (χ3v) is 5.21. The van der Waals surface area contributed by atoms with Crippen LogP contribution in [0.15, 0.2) is 57.9 Å². The summed E-state index contributed by atoms with van der Waals surface area (Å²) >= 11 is 1.12. The lowest BCUT2D eigenvalue weighted by molar-refractivity contribution is 0.174. The second-order valence-corrected chi connectivity index (χ2v) is 7.19. The van der Waals surface area contributed by atoms with Crippen LogP contribution in [0.3, 0.4) is 0 Å². The van der Waals surface area contributed by atoms with Gasteiger partial charge in [0.1, 0.15) is 17.4 Å². The number of nitrogens with one attached hydrogen (secondary N) is 1. The van der Waals surface area contributed by atoms with Crippen LogP contribution in [0.4, 0.5) is 0 Å². The number of ether oxygens (including phenoxy) is 2. The van der Waals surface area contributed by atoms with Crippen molar-refractivity contribution in [3.63, 3.8) is 0 Å². The van der Waals surface area contributed by atoms with Crippen LogP contribution in [0.5, 0.6) is 11.5 Å². The molecule has 0 bridgehead atoms. The quantitative estimate of drug-likeness (QED) is 0.281. The van der Waals surface area contributed by atoms with E-state index in [1.807, 2.05) is 30.3 Å². The van der Waals surface area contributed by atoms with Gasteiger partial charge in [-0.15, -0.1) is 10.2 Å². The Morgan fingerprint density at radius 1 is 1.17 bits per heavy atom. The zero-order valence-electron chi connectivity index (χ0n) is 15.3. The van der Waals surface area contributed by atoms with Gasteiger partial charge in [-0.25, -0.2) is 4.98 Å². The number of H-pyrrole nitrogens is 1. The highest BCUT2D eigenvalue weighted by Crippen LogP contribution is 2.36. The largest absolute Gasteiger partial charge is 0.510 e.